The number of hydrogen-bond donors (Lipinski definition) is 0. The second kappa shape index (κ2) is 8.37. The Hall–Kier alpha value is -2.63. The molecule has 4 rings (SSSR count). The van der Waals surface area contributed by atoms with Gasteiger partial charge in [-0.2, -0.15) is 0 Å². The van der Waals surface area contributed by atoms with E-state index in [1.54, 1.807) is 18.0 Å². The number of para-hydroxylation sites is 1. The highest BCUT2D eigenvalue weighted by Gasteiger charge is 2.15. The Kier molecular flexibility index (Phi) is 5.51. The van der Waals surface area contributed by atoms with Gasteiger partial charge in [0.25, 0.3) is 0 Å². The van der Waals surface area contributed by atoms with Crippen LogP contribution >= 0.6 is 23.4 Å². The van der Waals surface area contributed by atoms with Gasteiger partial charge in [0.15, 0.2) is 5.16 Å². The molecule has 134 valence electrons. The Morgan fingerprint density at radius 2 is 1.59 bits per heavy atom. The van der Waals surface area contributed by atoms with Crippen molar-refractivity contribution in [1.82, 2.24) is 19.7 Å². The van der Waals surface area contributed by atoms with Gasteiger partial charge in [0.2, 0.25) is 0 Å². The highest BCUT2D eigenvalue weighted by Crippen LogP contribution is 2.26. The molecule has 4 nitrogen and oxygen atoms in total. The molecule has 0 unspecified atom stereocenters. The van der Waals surface area contributed by atoms with E-state index in [9.17, 15) is 0 Å². The number of pyridine rings is 1. The first kappa shape index (κ1) is 17.8. The van der Waals surface area contributed by atoms with E-state index in [1.165, 1.54) is 5.56 Å². The van der Waals surface area contributed by atoms with Gasteiger partial charge < -0.3 is 0 Å². The van der Waals surface area contributed by atoms with Gasteiger partial charge in [-0.3, -0.25) is 4.57 Å². The third kappa shape index (κ3) is 4.38. The average molecular weight is 393 g/mol. The lowest BCUT2D eigenvalue weighted by Gasteiger charge is -2.10. The van der Waals surface area contributed by atoms with Crippen LogP contribution in [-0.2, 0) is 12.2 Å². The molecule has 0 amide bonds. The van der Waals surface area contributed by atoms with Gasteiger partial charge in [-0.1, -0.05) is 71.9 Å². The van der Waals surface area contributed by atoms with Crippen LogP contribution in [0.5, 0.6) is 0 Å². The van der Waals surface area contributed by atoms with Crippen molar-refractivity contribution in [2.75, 3.05) is 0 Å². The molecular weight excluding hydrogens is 376 g/mol. The molecule has 0 aliphatic heterocycles. The molecule has 27 heavy (non-hydrogen) atoms. The fraction of sp³-hybridized carbons (Fsp3) is 0.0952. The van der Waals surface area contributed by atoms with Crippen LogP contribution < -0.4 is 0 Å². The van der Waals surface area contributed by atoms with E-state index in [1.807, 2.05) is 48.5 Å². The predicted molar refractivity (Wildman–Crippen MR) is 109 cm³/mol. The van der Waals surface area contributed by atoms with E-state index in [-0.39, 0.29) is 0 Å². The average Bonchev–Trinajstić information content (AvgIpc) is 3.10. The molecule has 0 aliphatic carbocycles. The summed E-state index contributed by atoms with van der Waals surface area (Å²) in [6, 6.07) is 24.4. The zero-order valence-corrected chi connectivity index (χ0v) is 16.1. The van der Waals surface area contributed by atoms with E-state index in [0.29, 0.717) is 5.15 Å². The minimum absolute atomic E-state index is 0.502. The summed E-state index contributed by atoms with van der Waals surface area (Å²) in [5.74, 6) is 1.67. The van der Waals surface area contributed by atoms with E-state index >= 15 is 0 Å². The molecule has 0 N–H and O–H groups in total. The summed E-state index contributed by atoms with van der Waals surface area (Å²) in [6.07, 6.45) is 2.45. The summed E-state index contributed by atoms with van der Waals surface area (Å²) in [7, 11) is 0. The lowest BCUT2D eigenvalue weighted by atomic mass is 10.1. The normalized spacial score (nSPS) is 10.9. The topological polar surface area (TPSA) is 43.6 Å². The minimum Gasteiger partial charge on any atom is -0.274 e. The van der Waals surface area contributed by atoms with Crippen molar-refractivity contribution in [2.24, 2.45) is 0 Å². The van der Waals surface area contributed by atoms with Gasteiger partial charge in [0.05, 0.1) is 0 Å². The molecule has 0 fully saturated rings. The Morgan fingerprint density at radius 3 is 2.33 bits per heavy atom. The summed E-state index contributed by atoms with van der Waals surface area (Å²) < 4.78 is 2.13. The van der Waals surface area contributed by atoms with Crippen LogP contribution in [0.4, 0.5) is 0 Å². The van der Waals surface area contributed by atoms with E-state index < -0.39 is 0 Å². The number of hydrogen-bond acceptors (Lipinski definition) is 4. The van der Waals surface area contributed by atoms with E-state index in [0.717, 1.165) is 34.4 Å². The van der Waals surface area contributed by atoms with Crippen molar-refractivity contribution < 1.29 is 0 Å². The monoisotopic (exact) mass is 392 g/mol. The van der Waals surface area contributed by atoms with Crippen molar-refractivity contribution in [3.05, 3.63) is 101 Å². The smallest absolute Gasteiger partial charge is 0.196 e. The highest BCUT2D eigenvalue weighted by atomic mass is 35.5. The largest absolute Gasteiger partial charge is 0.274 e. The number of aromatic nitrogens is 4. The van der Waals surface area contributed by atoms with Gasteiger partial charge in [-0.15, -0.1) is 10.2 Å². The number of benzene rings is 2. The van der Waals surface area contributed by atoms with Crippen LogP contribution in [-0.4, -0.2) is 19.7 Å². The van der Waals surface area contributed by atoms with Crippen molar-refractivity contribution in [2.45, 2.75) is 17.3 Å². The number of halogens is 1. The number of rotatable bonds is 6. The van der Waals surface area contributed by atoms with Crippen molar-refractivity contribution in [3.63, 3.8) is 0 Å². The first-order valence-corrected chi connectivity index (χ1v) is 9.93. The van der Waals surface area contributed by atoms with Crippen molar-refractivity contribution in [3.8, 4) is 5.69 Å². The van der Waals surface area contributed by atoms with Gasteiger partial charge in [-0.05, 0) is 35.4 Å². The van der Waals surface area contributed by atoms with Gasteiger partial charge in [-0.25, -0.2) is 4.98 Å². The van der Waals surface area contributed by atoms with Gasteiger partial charge in [0, 0.05) is 24.1 Å². The zero-order chi connectivity index (χ0) is 18.5. The second-order valence-corrected chi connectivity index (χ2v) is 7.34. The predicted octanol–water partition coefficient (Wildman–Crippen LogP) is 5.20. The molecule has 0 aliphatic rings. The fourth-order valence-corrected chi connectivity index (χ4v) is 3.91. The first-order valence-electron chi connectivity index (χ1n) is 8.56. The Labute approximate surface area is 167 Å². The maximum absolute atomic E-state index is 5.99. The summed E-state index contributed by atoms with van der Waals surface area (Å²) >= 11 is 7.63. The summed E-state index contributed by atoms with van der Waals surface area (Å²) in [4.78, 5) is 4.03. The lowest BCUT2D eigenvalue weighted by molar-refractivity contribution is 0.847. The third-order valence-electron chi connectivity index (χ3n) is 4.08. The van der Waals surface area contributed by atoms with Crippen LogP contribution in [0.2, 0.25) is 5.15 Å². The quantitative estimate of drug-likeness (QED) is 0.334. The molecule has 4 aromatic rings. The minimum atomic E-state index is 0.502. The first-order chi connectivity index (χ1) is 13.3. The molecule has 0 saturated heterocycles. The Morgan fingerprint density at radius 1 is 0.852 bits per heavy atom. The number of thioether (sulfide) groups is 1. The van der Waals surface area contributed by atoms with Crippen LogP contribution in [0.25, 0.3) is 5.69 Å². The molecular formula is C21H17ClN4S. The molecule has 0 saturated carbocycles. The lowest BCUT2D eigenvalue weighted by Crippen LogP contribution is -2.03. The summed E-state index contributed by atoms with van der Waals surface area (Å²) in [6.45, 7) is 0. The molecule has 0 radical (unpaired) electrons. The zero-order valence-electron chi connectivity index (χ0n) is 14.5. The highest BCUT2D eigenvalue weighted by molar-refractivity contribution is 7.98. The van der Waals surface area contributed by atoms with Gasteiger partial charge in [0.1, 0.15) is 11.0 Å². The maximum atomic E-state index is 5.99. The second-order valence-electron chi connectivity index (χ2n) is 6.01. The Bertz CT molecular complexity index is 1020. The van der Waals surface area contributed by atoms with Crippen LogP contribution in [0, 0.1) is 0 Å². The van der Waals surface area contributed by atoms with E-state index in [4.69, 9.17) is 11.6 Å². The van der Waals surface area contributed by atoms with Crippen LogP contribution in [0.3, 0.4) is 0 Å². The number of nitrogens with zero attached hydrogens (tertiary/aromatic N) is 4. The van der Waals surface area contributed by atoms with Gasteiger partial charge >= 0.3 is 0 Å². The Balaban J connectivity index is 1.65. The molecule has 2 heterocycles. The van der Waals surface area contributed by atoms with Crippen LogP contribution in [0.15, 0.2) is 84.1 Å². The van der Waals surface area contributed by atoms with E-state index in [2.05, 4.69) is 44.0 Å². The standard InChI is InChI=1S/C21H17ClN4S/c22-19-13-17(11-12-23-19)15-27-21-25-24-20(14-16-7-3-1-4-8-16)26(21)18-9-5-2-6-10-18/h1-13H,14-15H2. The van der Waals surface area contributed by atoms with Crippen LogP contribution in [0.1, 0.15) is 17.0 Å². The molecule has 2 aromatic carbocycles. The molecule has 0 atom stereocenters. The van der Waals surface area contributed by atoms with Crippen molar-refractivity contribution in [1.29, 1.82) is 0 Å². The fourth-order valence-electron chi connectivity index (χ4n) is 2.80. The molecule has 0 bridgehead atoms. The SMILES string of the molecule is Clc1cc(CSc2nnc(Cc3ccccc3)n2-c2ccccc2)ccn1. The molecule has 6 heteroatoms. The van der Waals surface area contributed by atoms with Crippen molar-refractivity contribution >= 4 is 23.4 Å². The maximum Gasteiger partial charge on any atom is 0.196 e. The molecule has 0 spiro atoms. The summed E-state index contributed by atoms with van der Waals surface area (Å²) in [5.41, 5.74) is 3.37. The third-order valence-corrected chi connectivity index (χ3v) is 5.29. The summed E-state index contributed by atoms with van der Waals surface area (Å²) in [5, 5.41) is 10.3. The molecule has 2 aromatic heterocycles.